The fourth-order valence-corrected chi connectivity index (χ4v) is 4.78. The molecule has 1 amide bonds. The summed E-state index contributed by atoms with van der Waals surface area (Å²) in [6.45, 7) is 0.202. The van der Waals surface area contributed by atoms with Crippen LogP contribution in [-0.4, -0.2) is 5.91 Å². The summed E-state index contributed by atoms with van der Waals surface area (Å²) in [7, 11) is 0. The van der Waals surface area contributed by atoms with E-state index in [0.29, 0.717) is 16.9 Å². The zero-order chi connectivity index (χ0) is 22.4. The van der Waals surface area contributed by atoms with E-state index in [1.807, 2.05) is 6.07 Å². The van der Waals surface area contributed by atoms with Crippen molar-refractivity contribution in [2.45, 2.75) is 6.61 Å². The van der Waals surface area contributed by atoms with Gasteiger partial charge < -0.3 is 10.1 Å². The predicted octanol–water partition coefficient (Wildman–Crippen LogP) is 6.30. The molecule has 31 heavy (non-hydrogen) atoms. The zero-order valence-electron chi connectivity index (χ0n) is 15.8. The molecule has 0 aliphatic rings. The summed E-state index contributed by atoms with van der Waals surface area (Å²) in [5.41, 5.74) is 1.15. The average Bonchev–Trinajstić information content (AvgIpc) is 2.73. The monoisotopic (exact) mass is 642 g/mol. The quantitative estimate of drug-likeness (QED) is 0.195. The molecule has 0 unspecified atom stereocenters. The van der Waals surface area contributed by atoms with Crippen molar-refractivity contribution in [3.05, 3.63) is 96.1 Å². The number of hydrogen-bond donors (Lipinski definition) is 1. The van der Waals surface area contributed by atoms with E-state index < -0.39 is 11.7 Å². The van der Waals surface area contributed by atoms with Crippen molar-refractivity contribution >= 4 is 62.9 Å². The maximum atomic E-state index is 13.8. The molecule has 4 nitrogen and oxygen atoms in total. The first kappa shape index (κ1) is 23.1. The molecule has 0 aromatic heterocycles. The molecule has 3 rings (SSSR count). The second kappa shape index (κ2) is 10.7. The Morgan fingerprint density at radius 1 is 1.06 bits per heavy atom. The average molecular weight is 642 g/mol. The Morgan fingerprint density at radius 2 is 1.77 bits per heavy atom. The molecule has 1 N–H and O–H groups in total. The number of nitrogens with one attached hydrogen (secondary N) is 1. The summed E-state index contributed by atoms with van der Waals surface area (Å²) in [6.07, 6.45) is 1.43. The van der Waals surface area contributed by atoms with E-state index in [0.717, 1.165) is 7.14 Å². The minimum atomic E-state index is -0.705. The number of nitriles is 1. The van der Waals surface area contributed by atoms with Crippen LogP contribution >= 0.6 is 45.2 Å². The van der Waals surface area contributed by atoms with Gasteiger partial charge in [0.2, 0.25) is 0 Å². The highest BCUT2D eigenvalue weighted by molar-refractivity contribution is 14.1. The van der Waals surface area contributed by atoms with Gasteiger partial charge in [0.05, 0.1) is 12.8 Å². The van der Waals surface area contributed by atoms with E-state index >= 15 is 0 Å². The number of hydrogen-bond acceptors (Lipinski definition) is 3. The van der Waals surface area contributed by atoms with Gasteiger partial charge in [0.15, 0.2) is 0 Å². The van der Waals surface area contributed by atoms with Crippen molar-refractivity contribution in [3.8, 4) is 11.8 Å². The van der Waals surface area contributed by atoms with Crippen LogP contribution in [0.2, 0.25) is 0 Å². The highest BCUT2D eigenvalue weighted by Crippen LogP contribution is 2.30. The van der Waals surface area contributed by atoms with Gasteiger partial charge in [0.25, 0.3) is 5.91 Å². The predicted molar refractivity (Wildman–Crippen MR) is 131 cm³/mol. The summed E-state index contributed by atoms with van der Waals surface area (Å²) in [4.78, 5) is 12.4. The third-order valence-corrected chi connectivity index (χ3v) is 5.69. The van der Waals surface area contributed by atoms with Crippen LogP contribution in [0.5, 0.6) is 5.75 Å². The molecule has 3 aromatic carbocycles. The van der Waals surface area contributed by atoms with Crippen molar-refractivity contribution in [1.29, 1.82) is 5.26 Å². The molecule has 0 bridgehead atoms. The SMILES string of the molecule is N#C/C(=C/c1cc(I)c(OCc2cccc(F)c2)c(I)c1)C(=O)Nc1ccccc1F. The first-order valence-corrected chi connectivity index (χ1v) is 11.1. The van der Waals surface area contributed by atoms with Crippen LogP contribution in [0.15, 0.2) is 66.2 Å². The lowest BCUT2D eigenvalue weighted by Crippen LogP contribution is -2.14. The summed E-state index contributed by atoms with van der Waals surface area (Å²) in [5, 5.41) is 11.8. The minimum absolute atomic E-state index is 0.00101. The number of carbonyl (C=O) groups is 1. The lowest BCUT2D eigenvalue weighted by Gasteiger charge is -2.12. The molecule has 0 aliphatic heterocycles. The molecular formula is C23H14F2I2N2O2. The van der Waals surface area contributed by atoms with Crippen LogP contribution in [0.3, 0.4) is 0 Å². The Balaban J connectivity index is 1.78. The standard InChI is InChI=1S/C23H14F2I2N2O2/c24-17-5-3-4-14(9-17)13-31-22-19(26)10-15(11-20(22)27)8-16(12-28)23(30)29-21-7-2-1-6-18(21)25/h1-11H,13H2,(H,29,30)/b16-8-. The van der Waals surface area contributed by atoms with E-state index in [9.17, 15) is 18.8 Å². The summed E-state index contributed by atoms with van der Waals surface area (Å²) >= 11 is 4.19. The van der Waals surface area contributed by atoms with Crippen molar-refractivity contribution in [3.63, 3.8) is 0 Å². The number of rotatable bonds is 6. The van der Waals surface area contributed by atoms with Crippen molar-refractivity contribution < 1.29 is 18.3 Å². The molecular weight excluding hydrogens is 628 g/mol. The van der Waals surface area contributed by atoms with Crippen molar-refractivity contribution in [1.82, 2.24) is 0 Å². The molecule has 0 radical (unpaired) electrons. The summed E-state index contributed by atoms with van der Waals surface area (Å²) < 4.78 is 34.5. The van der Waals surface area contributed by atoms with E-state index in [2.05, 4.69) is 50.5 Å². The number of ether oxygens (including phenoxy) is 1. The van der Waals surface area contributed by atoms with Gasteiger partial charge in [-0.05, 0) is 98.8 Å². The minimum Gasteiger partial charge on any atom is -0.487 e. The number of amides is 1. The molecule has 0 atom stereocenters. The lowest BCUT2D eigenvalue weighted by atomic mass is 10.1. The highest BCUT2D eigenvalue weighted by Gasteiger charge is 2.14. The van der Waals surface area contributed by atoms with Crippen molar-refractivity contribution in [2.75, 3.05) is 5.32 Å². The van der Waals surface area contributed by atoms with Crippen LogP contribution < -0.4 is 10.1 Å². The van der Waals surface area contributed by atoms with E-state index in [-0.39, 0.29) is 23.7 Å². The first-order valence-electron chi connectivity index (χ1n) is 8.91. The topological polar surface area (TPSA) is 62.1 Å². The van der Waals surface area contributed by atoms with E-state index in [1.165, 1.54) is 36.4 Å². The van der Waals surface area contributed by atoms with Gasteiger partial charge in [-0.1, -0.05) is 24.3 Å². The maximum Gasteiger partial charge on any atom is 0.266 e. The van der Waals surface area contributed by atoms with Crippen LogP contribution in [0.1, 0.15) is 11.1 Å². The van der Waals surface area contributed by atoms with Gasteiger partial charge in [-0.15, -0.1) is 0 Å². The first-order chi connectivity index (χ1) is 14.9. The number of benzene rings is 3. The molecule has 0 fully saturated rings. The molecule has 0 aliphatic carbocycles. The summed E-state index contributed by atoms with van der Waals surface area (Å²) in [6, 6.07) is 17.3. The third kappa shape index (κ3) is 6.24. The second-order valence-electron chi connectivity index (χ2n) is 6.34. The lowest BCUT2D eigenvalue weighted by molar-refractivity contribution is -0.112. The Hall–Kier alpha value is -2.52. The summed E-state index contributed by atoms with van der Waals surface area (Å²) in [5.74, 6) is -0.998. The molecule has 0 spiro atoms. The maximum absolute atomic E-state index is 13.8. The van der Waals surface area contributed by atoms with Crippen LogP contribution in [0.4, 0.5) is 14.5 Å². The van der Waals surface area contributed by atoms with E-state index in [1.54, 1.807) is 30.3 Å². The Labute approximate surface area is 205 Å². The van der Waals surface area contributed by atoms with Gasteiger partial charge in [0, 0.05) is 0 Å². The van der Waals surface area contributed by atoms with Crippen LogP contribution in [0.25, 0.3) is 6.08 Å². The molecule has 0 saturated heterocycles. The number of nitrogens with zero attached hydrogens (tertiary/aromatic N) is 1. The normalized spacial score (nSPS) is 11.0. The molecule has 0 saturated carbocycles. The van der Waals surface area contributed by atoms with Gasteiger partial charge in [-0.2, -0.15) is 5.26 Å². The number of para-hydroxylation sites is 1. The molecule has 156 valence electrons. The number of anilines is 1. The Kier molecular flexibility index (Phi) is 7.97. The molecule has 3 aromatic rings. The van der Waals surface area contributed by atoms with Crippen LogP contribution in [0, 0.1) is 30.1 Å². The third-order valence-electron chi connectivity index (χ3n) is 4.09. The number of halogens is 4. The van der Waals surface area contributed by atoms with Gasteiger partial charge in [-0.3, -0.25) is 4.79 Å². The smallest absolute Gasteiger partial charge is 0.266 e. The Morgan fingerprint density at radius 3 is 2.42 bits per heavy atom. The molecule has 8 heteroatoms. The van der Waals surface area contributed by atoms with Gasteiger partial charge >= 0.3 is 0 Å². The fraction of sp³-hybridized carbons (Fsp3) is 0.0435. The zero-order valence-corrected chi connectivity index (χ0v) is 20.1. The van der Waals surface area contributed by atoms with Crippen molar-refractivity contribution in [2.24, 2.45) is 0 Å². The fourth-order valence-electron chi connectivity index (χ4n) is 2.65. The molecule has 0 heterocycles. The van der Waals surface area contributed by atoms with E-state index in [4.69, 9.17) is 4.74 Å². The van der Waals surface area contributed by atoms with Gasteiger partial charge in [-0.25, -0.2) is 8.78 Å². The Bertz CT molecular complexity index is 1180. The largest absolute Gasteiger partial charge is 0.487 e. The van der Waals surface area contributed by atoms with Crippen LogP contribution in [-0.2, 0) is 11.4 Å². The highest BCUT2D eigenvalue weighted by atomic mass is 127. The number of carbonyl (C=O) groups excluding carboxylic acids is 1. The van der Waals surface area contributed by atoms with Gasteiger partial charge in [0.1, 0.15) is 35.6 Å². The second-order valence-corrected chi connectivity index (χ2v) is 8.66.